The van der Waals surface area contributed by atoms with E-state index in [1.807, 2.05) is 70.6 Å². The van der Waals surface area contributed by atoms with Crippen molar-refractivity contribution in [3.8, 4) is 0 Å². The highest BCUT2D eigenvalue weighted by Crippen LogP contribution is 2.43. The summed E-state index contributed by atoms with van der Waals surface area (Å²) in [5.74, 6) is 6.07. The van der Waals surface area contributed by atoms with Gasteiger partial charge in [0.1, 0.15) is 12.2 Å². The number of hydrogen-bond donors (Lipinski definition) is 0. The predicted molar refractivity (Wildman–Crippen MR) is 151 cm³/mol. The SMILES string of the molecule is C=CC(=O)OC(CC)C1CSC(CSCCSCC2SCC(C(CC)OC(=O)C=C)S2)S1. The minimum Gasteiger partial charge on any atom is -0.458 e. The van der Waals surface area contributed by atoms with Gasteiger partial charge in [0.25, 0.3) is 0 Å². The molecule has 0 spiro atoms. The number of rotatable bonds is 15. The molecule has 0 amide bonds. The van der Waals surface area contributed by atoms with E-state index in [1.54, 1.807) is 0 Å². The molecule has 0 N–H and O–H groups in total. The summed E-state index contributed by atoms with van der Waals surface area (Å²) in [5.41, 5.74) is 0. The molecule has 0 aromatic rings. The Balaban J connectivity index is 1.55. The highest BCUT2D eigenvalue weighted by atomic mass is 32.2. The van der Waals surface area contributed by atoms with E-state index >= 15 is 0 Å². The van der Waals surface area contributed by atoms with Gasteiger partial charge in [0.05, 0.1) is 19.7 Å². The van der Waals surface area contributed by atoms with Crippen LogP contribution in [0, 0.1) is 0 Å². The Hall–Kier alpha value is 0.520. The van der Waals surface area contributed by atoms with Crippen molar-refractivity contribution < 1.29 is 19.1 Å². The molecule has 2 fully saturated rings. The van der Waals surface area contributed by atoms with Crippen LogP contribution in [0.4, 0.5) is 0 Å². The van der Waals surface area contributed by atoms with Crippen molar-refractivity contribution in [1.82, 2.24) is 0 Å². The number of hydrogen-bond acceptors (Lipinski definition) is 10. The van der Waals surface area contributed by atoms with Crippen molar-refractivity contribution in [3.63, 3.8) is 0 Å². The van der Waals surface area contributed by atoms with Crippen LogP contribution >= 0.6 is 70.6 Å². The van der Waals surface area contributed by atoms with Crippen LogP contribution in [0.25, 0.3) is 0 Å². The summed E-state index contributed by atoms with van der Waals surface area (Å²) in [4.78, 5) is 23.0. The highest BCUT2D eigenvalue weighted by molar-refractivity contribution is 8.22. The smallest absolute Gasteiger partial charge is 0.330 e. The lowest BCUT2D eigenvalue weighted by Gasteiger charge is -2.21. The third-order valence-corrected chi connectivity index (χ3v) is 14.8. The van der Waals surface area contributed by atoms with E-state index in [-0.39, 0.29) is 24.1 Å². The van der Waals surface area contributed by atoms with Crippen molar-refractivity contribution in [2.24, 2.45) is 0 Å². The highest BCUT2D eigenvalue weighted by Gasteiger charge is 2.34. The van der Waals surface area contributed by atoms with Crippen LogP contribution in [0.1, 0.15) is 26.7 Å². The summed E-state index contributed by atoms with van der Waals surface area (Å²) in [6, 6.07) is 0. The first-order valence-corrected chi connectivity index (χ1v) is 17.2. The van der Waals surface area contributed by atoms with Gasteiger partial charge >= 0.3 is 11.9 Å². The standard InChI is InChI=1S/C22H34O4S6/c1-5-15(25-19(23)7-3)17-11-29-21(31-17)13-27-9-10-28-14-22-30-12-18(32-22)16(6-2)26-20(24)8-4/h7-8,15-18,21-22H,3-6,9-14H2,1-2H3. The quantitative estimate of drug-likeness (QED) is 0.141. The lowest BCUT2D eigenvalue weighted by atomic mass is 10.2. The zero-order chi connectivity index (χ0) is 23.3. The maximum absolute atomic E-state index is 11.5. The Morgan fingerprint density at radius 3 is 1.62 bits per heavy atom. The van der Waals surface area contributed by atoms with Crippen molar-refractivity contribution in [2.45, 2.75) is 58.6 Å². The number of carbonyl (C=O) groups is 2. The predicted octanol–water partition coefficient (Wildman–Crippen LogP) is 5.82. The Labute approximate surface area is 218 Å². The second kappa shape index (κ2) is 16.2. The molecule has 6 unspecified atom stereocenters. The first-order chi connectivity index (χ1) is 15.5. The van der Waals surface area contributed by atoms with Crippen LogP contribution in [-0.2, 0) is 19.1 Å². The molecule has 2 saturated heterocycles. The van der Waals surface area contributed by atoms with E-state index in [9.17, 15) is 9.59 Å². The Bertz CT molecular complexity index is 567. The second-order valence-corrected chi connectivity index (χ2v) is 15.5. The monoisotopic (exact) mass is 554 g/mol. The average Bonchev–Trinajstić information content (AvgIpc) is 3.47. The maximum Gasteiger partial charge on any atom is 0.330 e. The summed E-state index contributed by atoms with van der Waals surface area (Å²) in [6.07, 6.45) is 4.18. The largest absolute Gasteiger partial charge is 0.458 e. The Kier molecular flexibility index (Phi) is 14.6. The molecule has 182 valence electrons. The van der Waals surface area contributed by atoms with Gasteiger partial charge in [-0.05, 0) is 12.8 Å². The maximum atomic E-state index is 11.5. The van der Waals surface area contributed by atoms with E-state index in [2.05, 4.69) is 27.0 Å². The van der Waals surface area contributed by atoms with Crippen molar-refractivity contribution >= 4 is 82.5 Å². The van der Waals surface area contributed by atoms with Gasteiger partial charge in [0, 0.05) is 46.7 Å². The molecule has 0 bridgehead atoms. The fraction of sp³-hybridized carbons (Fsp3) is 0.727. The zero-order valence-electron chi connectivity index (χ0n) is 18.8. The van der Waals surface area contributed by atoms with E-state index in [0.29, 0.717) is 19.7 Å². The van der Waals surface area contributed by atoms with Gasteiger partial charge in [0.15, 0.2) is 0 Å². The molecular weight excluding hydrogens is 521 g/mol. The first-order valence-electron chi connectivity index (χ1n) is 10.9. The third kappa shape index (κ3) is 10.0. The summed E-state index contributed by atoms with van der Waals surface area (Å²) < 4.78 is 12.2. The van der Waals surface area contributed by atoms with E-state index < -0.39 is 0 Å². The molecule has 2 aliphatic heterocycles. The lowest BCUT2D eigenvalue weighted by molar-refractivity contribution is -0.143. The van der Waals surface area contributed by atoms with Crippen molar-refractivity contribution in [3.05, 3.63) is 25.3 Å². The molecule has 2 aliphatic rings. The lowest BCUT2D eigenvalue weighted by Crippen LogP contribution is -2.28. The van der Waals surface area contributed by atoms with Crippen LogP contribution in [-0.4, -0.2) is 78.3 Å². The van der Waals surface area contributed by atoms with Gasteiger partial charge in [-0.3, -0.25) is 0 Å². The molecule has 0 aliphatic carbocycles. The molecule has 6 atom stereocenters. The Morgan fingerprint density at radius 2 is 1.28 bits per heavy atom. The summed E-state index contributed by atoms with van der Waals surface area (Å²) >= 11 is 12.0. The van der Waals surface area contributed by atoms with Gasteiger partial charge in [-0.25, -0.2) is 9.59 Å². The van der Waals surface area contributed by atoms with E-state index in [4.69, 9.17) is 9.47 Å². The third-order valence-electron chi connectivity index (χ3n) is 4.93. The minimum atomic E-state index is -0.315. The molecule has 0 radical (unpaired) electrons. The molecule has 2 rings (SSSR count). The van der Waals surface area contributed by atoms with Crippen LogP contribution in [0.15, 0.2) is 25.3 Å². The number of esters is 2. The van der Waals surface area contributed by atoms with E-state index in [1.165, 1.54) is 12.2 Å². The molecule has 10 heteroatoms. The summed E-state index contributed by atoms with van der Waals surface area (Å²) in [7, 11) is 0. The van der Waals surface area contributed by atoms with Gasteiger partial charge in [-0.1, -0.05) is 27.0 Å². The zero-order valence-corrected chi connectivity index (χ0v) is 23.7. The van der Waals surface area contributed by atoms with Gasteiger partial charge < -0.3 is 9.47 Å². The molecule has 0 aromatic heterocycles. The van der Waals surface area contributed by atoms with Gasteiger partial charge in [0.2, 0.25) is 0 Å². The van der Waals surface area contributed by atoms with Crippen molar-refractivity contribution in [2.75, 3.05) is 34.5 Å². The van der Waals surface area contributed by atoms with Crippen LogP contribution < -0.4 is 0 Å². The average molecular weight is 555 g/mol. The topological polar surface area (TPSA) is 52.6 Å². The number of thioether (sulfide) groups is 6. The molecule has 32 heavy (non-hydrogen) atoms. The van der Waals surface area contributed by atoms with E-state index in [0.717, 1.165) is 47.4 Å². The normalized spacial score (nSPS) is 26.9. The minimum absolute atomic E-state index is 0.0126. The van der Waals surface area contributed by atoms with Crippen LogP contribution in [0.3, 0.4) is 0 Å². The van der Waals surface area contributed by atoms with Crippen molar-refractivity contribution in [1.29, 1.82) is 0 Å². The van der Waals surface area contributed by atoms with Crippen LogP contribution in [0.2, 0.25) is 0 Å². The molecule has 4 nitrogen and oxygen atoms in total. The molecule has 0 aromatic carbocycles. The molecule has 0 saturated carbocycles. The fourth-order valence-corrected chi connectivity index (χ4v) is 13.4. The summed E-state index contributed by atoms with van der Waals surface area (Å²) in [6.45, 7) is 11.1. The Morgan fingerprint density at radius 1 is 0.875 bits per heavy atom. The molecule has 2 heterocycles. The summed E-state index contributed by atoms with van der Waals surface area (Å²) in [5, 5.41) is 0.770. The molecular formula is C22H34O4S6. The van der Waals surface area contributed by atoms with Crippen LogP contribution in [0.5, 0.6) is 0 Å². The van der Waals surface area contributed by atoms with Gasteiger partial charge in [-0.2, -0.15) is 23.5 Å². The fourth-order valence-electron chi connectivity index (χ4n) is 3.23. The van der Waals surface area contributed by atoms with Gasteiger partial charge in [-0.15, -0.1) is 47.0 Å². The first kappa shape index (κ1) is 28.8. The number of ether oxygens (including phenoxy) is 2. The number of carbonyl (C=O) groups excluding carboxylic acids is 2. The second-order valence-electron chi connectivity index (χ2n) is 7.20.